The van der Waals surface area contributed by atoms with Gasteiger partial charge in [0.15, 0.2) is 0 Å². The molecular weight excluding hydrogens is 352 g/mol. The maximum atomic E-state index is 12.8. The standard InChI is InChI=1S/C22H24N4O2/c1-15-11-16(2)13-17(12-15)22(28)26-9-7-25(8-10-26)14-20-23-19-6-4-3-5-18(19)21(27)24-20/h3-6,11-13H,7-10,14H2,1-2H3,(H,23,24,27). The summed E-state index contributed by atoms with van der Waals surface area (Å²) in [5, 5.41) is 0.607. The number of fused-ring (bicyclic) bond motifs is 1. The topological polar surface area (TPSA) is 69.3 Å². The van der Waals surface area contributed by atoms with E-state index >= 15 is 0 Å². The van der Waals surface area contributed by atoms with Gasteiger partial charge in [0.25, 0.3) is 11.5 Å². The average Bonchev–Trinajstić information content (AvgIpc) is 2.67. The first-order valence-corrected chi connectivity index (χ1v) is 9.57. The largest absolute Gasteiger partial charge is 0.336 e. The van der Waals surface area contributed by atoms with Crippen LogP contribution in [0, 0.1) is 13.8 Å². The monoisotopic (exact) mass is 376 g/mol. The van der Waals surface area contributed by atoms with Gasteiger partial charge in [-0.05, 0) is 38.1 Å². The first-order chi connectivity index (χ1) is 13.5. The summed E-state index contributed by atoms with van der Waals surface area (Å²) in [5.74, 6) is 0.751. The number of H-pyrrole nitrogens is 1. The van der Waals surface area contributed by atoms with Crippen molar-refractivity contribution in [2.75, 3.05) is 26.2 Å². The zero-order valence-corrected chi connectivity index (χ0v) is 16.2. The van der Waals surface area contributed by atoms with Crippen molar-refractivity contribution in [3.05, 3.63) is 75.3 Å². The van der Waals surface area contributed by atoms with Crippen LogP contribution in [-0.2, 0) is 6.54 Å². The summed E-state index contributed by atoms with van der Waals surface area (Å²) < 4.78 is 0. The number of rotatable bonds is 3. The zero-order valence-electron chi connectivity index (χ0n) is 16.2. The average molecular weight is 376 g/mol. The summed E-state index contributed by atoms with van der Waals surface area (Å²) in [5.41, 5.74) is 3.57. The second-order valence-corrected chi connectivity index (χ2v) is 7.47. The Morgan fingerprint density at radius 1 is 1.04 bits per heavy atom. The van der Waals surface area contributed by atoms with Crippen molar-refractivity contribution in [2.24, 2.45) is 0 Å². The minimum absolute atomic E-state index is 0.0867. The number of carbonyl (C=O) groups is 1. The van der Waals surface area contributed by atoms with E-state index in [1.165, 1.54) is 0 Å². The maximum Gasteiger partial charge on any atom is 0.258 e. The number of carbonyl (C=O) groups excluding carboxylic acids is 1. The van der Waals surface area contributed by atoms with Crippen LogP contribution in [0.1, 0.15) is 27.3 Å². The van der Waals surface area contributed by atoms with Crippen molar-refractivity contribution in [3.8, 4) is 0 Å². The van der Waals surface area contributed by atoms with Gasteiger partial charge in [-0.3, -0.25) is 14.5 Å². The molecule has 1 saturated heterocycles. The second kappa shape index (κ2) is 7.56. The van der Waals surface area contributed by atoms with Crippen LogP contribution in [0.25, 0.3) is 10.9 Å². The molecule has 1 amide bonds. The smallest absolute Gasteiger partial charge is 0.258 e. The Morgan fingerprint density at radius 3 is 2.43 bits per heavy atom. The third kappa shape index (κ3) is 3.82. The number of nitrogens with one attached hydrogen (secondary N) is 1. The van der Waals surface area contributed by atoms with Crippen LogP contribution in [0.2, 0.25) is 0 Å². The maximum absolute atomic E-state index is 12.8. The molecule has 1 aliphatic heterocycles. The number of hydrogen-bond acceptors (Lipinski definition) is 4. The molecule has 144 valence electrons. The normalized spacial score (nSPS) is 15.1. The summed E-state index contributed by atoms with van der Waals surface area (Å²) in [6.07, 6.45) is 0. The van der Waals surface area contributed by atoms with E-state index in [0.717, 1.165) is 29.8 Å². The molecule has 0 spiro atoms. The molecule has 0 aliphatic carbocycles. The first kappa shape index (κ1) is 18.4. The Bertz CT molecular complexity index is 1060. The highest BCUT2D eigenvalue weighted by molar-refractivity contribution is 5.94. The van der Waals surface area contributed by atoms with Crippen LogP contribution >= 0.6 is 0 Å². The summed E-state index contributed by atoms with van der Waals surface area (Å²) in [6.45, 7) is 7.46. The SMILES string of the molecule is Cc1cc(C)cc(C(=O)N2CCN(Cc3nc4ccccc4c(=O)[nH]3)CC2)c1. The zero-order chi connectivity index (χ0) is 19.7. The highest BCUT2D eigenvalue weighted by Crippen LogP contribution is 2.14. The Labute approximate surface area is 163 Å². The van der Waals surface area contributed by atoms with Gasteiger partial charge in [0.05, 0.1) is 17.4 Å². The summed E-state index contributed by atoms with van der Waals surface area (Å²) in [4.78, 5) is 36.6. The van der Waals surface area contributed by atoms with Crippen molar-refractivity contribution in [1.82, 2.24) is 19.8 Å². The molecule has 0 bridgehead atoms. The minimum Gasteiger partial charge on any atom is -0.336 e. The van der Waals surface area contributed by atoms with E-state index < -0.39 is 0 Å². The second-order valence-electron chi connectivity index (χ2n) is 7.47. The third-order valence-electron chi connectivity index (χ3n) is 5.16. The highest BCUT2D eigenvalue weighted by atomic mass is 16.2. The quantitative estimate of drug-likeness (QED) is 0.763. The predicted octanol–water partition coefficient (Wildman–Crippen LogP) is 2.50. The van der Waals surface area contributed by atoms with E-state index in [1.54, 1.807) is 6.07 Å². The number of aryl methyl sites for hydroxylation is 2. The van der Waals surface area contributed by atoms with E-state index in [9.17, 15) is 9.59 Å². The predicted molar refractivity (Wildman–Crippen MR) is 109 cm³/mol. The highest BCUT2D eigenvalue weighted by Gasteiger charge is 2.23. The Hall–Kier alpha value is -2.99. The number of benzene rings is 2. The fourth-order valence-electron chi connectivity index (χ4n) is 3.81. The van der Waals surface area contributed by atoms with E-state index in [4.69, 9.17) is 0 Å². The molecule has 1 fully saturated rings. The Morgan fingerprint density at radius 2 is 1.71 bits per heavy atom. The van der Waals surface area contributed by atoms with E-state index in [1.807, 2.05) is 49.1 Å². The van der Waals surface area contributed by atoms with Gasteiger partial charge in [-0.1, -0.05) is 29.3 Å². The van der Waals surface area contributed by atoms with Gasteiger partial charge < -0.3 is 9.88 Å². The van der Waals surface area contributed by atoms with Gasteiger partial charge in [-0.25, -0.2) is 4.98 Å². The first-order valence-electron chi connectivity index (χ1n) is 9.57. The number of piperazine rings is 1. The molecule has 0 unspecified atom stereocenters. The molecule has 6 nitrogen and oxygen atoms in total. The third-order valence-corrected chi connectivity index (χ3v) is 5.16. The van der Waals surface area contributed by atoms with Crippen LogP contribution in [0.15, 0.2) is 47.3 Å². The molecule has 6 heteroatoms. The fraction of sp³-hybridized carbons (Fsp3) is 0.318. The molecular formula is C22H24N4O2. The summed E-state index contributed by atoms with van der Waals surface area (Å²) in [6, 6.07) is 13.3. The van der Waals surface area contributed by atoms with Crippen molar-refractivity contribution >= 4 is 16.8 Å². The number of aromatic nitrogens is 2. The van der Waals surface area contributed by atoms with Crippen LogP contribution in [0.5, 0.6) is 0 Å². The molecule has 0 atom stereocenters. The summed E-state index contributed by atoms with van der Waals surface area (Å²) in [7, 11) is 0. The minimum atomic E-state index is -0.107. The Kier molecular flexibility index (Phi) is 4.96. The van der Waals surface area contributed by atoms with Gasteiger partial charge in [0, 0.05) is 31.7 Å². The van der Waals surface area contributed by atoms with Crippen LogP contribution < -0.4 is 5.56 Å². The molecule has 0 radical (unpaired) electrons. The molecule has 1 aromatic heterocycles. The number of hydrogen-bond donors (Lipinski definition) is 1. The molecule has 1 N–H and O–H groups in total. The molecule has 2 heterocycles. The lowest BCUT2D eigenvalue weighted by molar-refractivity contribution is 0.0625. The van der Waals surface area contributed by atoms with Crippen molar-refractivity contribution in [2.45, 2.75) is 20.4 Å². The van der Waals surface area contributed by atoms with Gasteiger partial charge >= 0.3 is 0 Å². The molecule has 0 saturated carbocycles. The van der Waals surface area contributed by atoms with Crippen molar-refractivity contribution < 1.29 is 4.79 Å². The van der Waals surface area contributed by atoms with Crippen LogP contribution in [0.3, 0.4) is 0 Å². The lowest BCUT2D eigenvalue weighted by Gasteiger charge is -2.34. The van der Waals surface area contributed by atoms with Gasteiger partial charge in [-0.15, -0.1) is 0 Å². The Balaban J connectivity index is 1.42. The lowest BCUT2D eigenvalue weighted by atomic mass is 10.1. The van der Waals surface area contributed by atoms with E-state index in [-0.39, 0.29) is 11.5 Å². The van der Waals surface area contributed by atoms with Gasteiger partial charge in [-0.2, -0.15) is 0 Å². The number of amides is 1. The van der Waals surface area contributed by atoms with Crippen LogP contribution in [0.4, 0.5) is 0 Å². The van der Waals surface area contributed by atoms with E-state index in [0.29, 0.717) is 36.4 Å². The van der Waals surface area contributed by atoms with Gasteiger partial charge in [0.1, 0.15) is 5.82 Å². The van der Waals surface area contributed by atoms with Gasteiger partial charge in [0.2, 0.25) is 0 Å². The number of aromatic amines is 1. The molecule has 2 aromatic carbocycles. The molecule has 3 aromatic rings. The lowest BCUT2D eigenvalue weighted by Crippen LogP contribution is -2.48. The van der Waals surface area contributed by atoms with Crippen molar-refractivity contribution in [3.63, 3.8) is 0 Å². The van der Waals surface area contributed by atoms with Crippen LogP contribution in [-0.4, -0.2) is 51.9 Å². The molecule has 4 rings (SSSR count). The number of para-hydroxylation sites is 1. The molecule has 1 aliphatic rings. The molecule has 28 heavy (non-hydrogen) atoms. The number of nitrogens with zero attached hydrogens (tertiary/aromatic N) is 3. The summed E-state index contributed by atoms with van der Waals surface area (Å²) >= 11 is 0. The van der Waals surface area contributed by atoms with E-state index in [2.05, 4.69) is 20.9 Å². The fourth-order valence-corrected chi connectivity index (χ4v) is 3.81. The van der Waals surface area contributed by atoms with Crippen molar-refractivity contribution in [1.29, 1.82) is 0 Å².